The molecule has 0 unspecified atom stereocenters. The highest BCUT2D eigenvalue weighted by molar-refractivity contribution is 5.95. The molecule has 0 aliphatic heterocycles. The highest BCUT2D eigenvalue weighted by Gasteiger charge is 2.17. The first kappa shape index (κ1) is 23.4. The Hall–Kier alpha value is -2.86. The molecule has 30 heavy (non-hydrogen) atoms. The third-order valence-corrected chi connectivity index (χ3v) is 4.82. The van der Waals surface area contributed by atoms with Crippen LogP contribution in [0.25, 0.3) is 0 Å². The van der Waals surface area contributed by atoms with E-state index >= 15 is 0 Å². The maximum absolute atomic E-state index is 12.6. The van der Waals surface area contributed by atoms with Crippen molar-refractivity contribution in [3.8, 4) is 5.75 Å². The molecule has 2 amide bonds. The molecule has 0 saturated heterocycles. The summed E-state index contributed by atoms with van der Waals surface area (Å²) in [6.45, 7) is 8.04. The van der Waals surface area contributed by atoms with Gasteiger partial charge in [-0.3, -0.25) is 9.59 Å². The molecule has 162 valence electrons. The quantitative estimate of drug-likeness (QED) is 0.537. The number of hydrogen-bond acceptors (Lipinski definition) is 4. The third-order valence-electron chi connectivity index (χ3n) is 4.82. The van der Waals surface area contributed by atoms with E-state index in [1.54, 1.807) is 18.2 Å². The predicted molar refractivity (Wildman–Crippen MR) is 122 cm³/mol. The molecule has 0 heterocycles. The number of ether oxygens (including phenoxy) is 1. The number of methoxy groups -OCH3 is 1. The Morgan fingerprint density at radius 2 is 1.73 bits per heavy atom. The lowest BCUT2D eigenvalue weighted by Gasteiger charge is -2.23. The number of hydrogen-bond donors (Lipinski definition) is 3. The summed E-state index contributed by atoms with van der Waals surface area (Å²) in [5, 5.41) is 8.95. The van der Waals surface area contributed by atoms with Gasteiger partial charge in [-0.2, -0.15) is 0 Å². The number of anilines is 2. The number of aryl methyl sites for hydroxylation is 1. The number of benzene rings is 2. The Labute approximate surface area is 179 Å². The van der Waals surface area contributed by atoms with E-state index in [1.165, 1.54) is 25.2 Å². The molecule has 2 aromatic carbocycles. The van der Waals surface area contributed by atoms with Crippen LogP contribution in [0, 0.1) is 5.92 Å². The fourth-order valence-corrected chi connectivity index (χ4v) is 3.40. The average Bonchev–Trinajstić information content (AvgIpc) is 2.69. The zero-order valence-electron chi connectivity index (χ0n) is 18.5. The van der Waals surface area contributed by atoms with Gasteiger partial charge < -0.3 is 20.7 Å². The van der Waals surface area contributed by atoms with Gasteiger partial charge in [0.15, 0.2) is 0 Å². The highest BCUT2D eigenvalue weighted by atomic mass is 16.5. The van der Waals surface area contributed by atoms with Crippen molar-refractivity contribution in [2.45, 2.75) is 46.6 Å². The molecular formula is C24H33N3O3. The molecule has 0 aliphatic carbocycles. The Morgan fingerprint density at radius 1 is 1.03 bits per heavy atom. The summed E-state index contributed by atoms with van der Waals surface area (Å²) in [6, 6.07) is 13.8. The number of carbonyl (C=O) groups is 2. The molecule has 1 atom stereocenters. The molecule has 6 nitrogen and oxygen atoms in total. The van der Waals surface area contributed by atoms with Crippen LogP contribution >= 0.6 is 0 Å². The van der Waals surface area contributed by atoms with Crippen molar-refractivity contribution in [1.29, 1.82) is 0 Å². The van der Waals surface area contributed by atoms with E-state index in [4.69, 9.17) is 4.74 Å². The Bertz CT molecular complexity index is 847. The van der Waals surface area contributed by atoms with Gasteiger partial charge in [0.2, 0.25) is 11.8 Å². The second kappa shape index (κ2) is 11.4. The van der Waals surface area contributed by atoms with E-state index in [1.807, 2.05) is 0 Å². The van der Waals surface area contributed by atoms with Crippen molar-refractivity contribution in [2.24, 2.45) is 5.92 Å². The van der Waals surface area contributed by atoms with Crippen LogP contribution in [0.15, 0.2) is 42.5 Å². The van der Waals surface area contributed by atoms with Crippen LogP contribution in [0.1, 0.15) is 51.3 Å². The molecule has 2 rings (SSSR count). The van der Waals surface area contributed by atoms with Gasteiger partial charge in [0.1, 0.15) is 5.75 Å². The van der Waals surface area contributed by atoms with Crippen molar-refractivity contribution in [2.75, 3.05) is 24.3 Å². The van der Waals surface area contributed by atoms with E-state index in [-0.39, 0.29) is 24.4 Å². The first-order valence-corrected chi connectivity index (χ1v) is 10.4. The van der Waals surface area contributed by atoms with Crippen LogP contribution in [-0.4, -0.2) is 25.5 Å². The molecule has 0 aromatic heterocycles. The lowest BCUT2D eigenvalue weighted by Crippen LogP contribution is -2.33. The number of rotatable bonds is 10. The summed E-state index contributed by atoms with van der Waals surface area (Å²) in [7, 11) is 1.54. The molecule has 6 heteroatoms. The van der Waals surface area contributed by atoms with E-state index < -0.39 is 0 Å². The first-order chi connectivity index (χ1) is 14.3. The number of nitrogens with one attached hydrogen (secondary N) is 3. The molecule has 3 N–H and O–H groups in total. The topological polar surface area (TPSA) is 79.5 Å². The second-order valence-electron chi connectivity index (χ2n) is 7.74. The minimum absolute atomic E-state index is 0.0686. The van der Waals surface area contributed by atoms with Crippen LogP contribution in [-0.2, 0) is 16.0 Å². The summed E-state index contributed by atoms with van der Waals surface area (Å²) in [5.74, 6) is 0.502. The van der Waals surface area contributed by atoms with Gasteiger partial charge in [-0.25, -0.2) is 0 Å². The van der Waals surface area contributed by atoms with Crippen LogP contribution < -0.4 is 20.7 Å². The van der Waals surface area contributed by atoms with E-state index in [9.17, 15) is 9.59 Å². The van der Waals surface area contributed by atoms with Crippen LogP contribution in [0.3, 0.4) is 0 Å². The zero-order chi connectivity index (χ0) is 22.1. The van der Waals surface area contributed by atoms with Crippen LogP contribution in [0.5, 0.6) is 5.75 Å². The predicted octanol–water partition coefficient (Wildman–Crippen LogP) is 4.53. The summed E-state index contributed by atoms with van der Waals surface area (Å²) in [4.78, 5) is 23.9. The summed E-state index contributed by atoms with van der Waals surface area (Å²) >= 11 is 0. The Kier molecular flexibility index (Phi) is 8.87. The molecule has 2 aromatic rings. The summed E-state index contributed by atoms with van der Waals surface area (Å²) in [5.41, 5.74) is 3.61. The monoisotopic (exact) mass is 411 g/mol. The second-order valence-corrected chi connectivity index (χ2v) is 7.74. The minimum Gasteiger partial charge on any atom is -0.495 e. The maximum atomic E-state index is 12.6. The van der Waals surface area contributed by atoms with Crippen molar-refractivity contribution < 1.29 is 14.3 Å². The number of carbonyl (C=O) groups excluding carboxylic acids is 2. The summed E-state index contributed by atoms with van der Waals surface area (Å²) in [6.07, 6.45) is 2.19. The molecule has 0 spiro atoms. The fraction of sp³-hybridized carbons (Fsp3) is 0.417. The Balaban J connectivity index is 2.04. The van der Waals surface area contributed by atoms with Gasteiger partial charge in [-0.1, -0.05) is 51.5 Å². The highest BCUT2D eigenvalue weighted by Crippen LogP contribution is 2.28. The van der Waals surface area contributed by atoms with Gasteiger partial charge in [0.25, 0.3) is 0 Å². The van der Waals surface area contributed by atoms with Gasteiger partial charge in [-0.05, 0) is 41.7 Å². The molecule has 0 aliphatic rings. The van der Waals surface area contributed by atoms with E-state index in [2.05, 4.69) is 61.0 Å². The van der Waals surface area contributed by atoms with Gasteiger partial charge in [0, 0.05) is 18.7 Å². The SMILES string of the molecule is CCCc1ccc([C@@H](NCC(=O)Nc2cc(NC(C)=O)ccc2OC)C(C)C)cc1. The van der Waals surface area contributed by atoms with E-state index in [0.29, 0.717) is 23.0 Å². The van der Waals surface area contributed by atoms with E-state index in [0.717, 1.165) is 12.8 Å². The largest absolute Gasteiger partial charge is 0.495 e. The smallest absolute Gasteiger partial charge is 0.238 e. The standard InChI is InChI=1S/C24H33N3O3/c1-6-7-18-8-10-19(11-9-18)24(16(2)3)25-15-23(29)27-21-14-20(26-17(4)28)12-13-22(21)30-5/h8-14,16,24-25H,6-7,15H2,1-5H3,(H,26,28)(H,27,29)/t24-/m0/s1. The van der Waals surface area contributed by atoms with Crippen molar-refractivity contribution in [3.63, 3.8) is 0 Å². The van der Waals surface area contributed by atoms with Gasteiger partial charge >= 0.3 is 0 Å². The van der Waals surface area contributed by atoms with Crippen molar-refractivity contribution in [1.82, 2.24) is 5.32 Å². The van der Waals surface area contributed by atoms with Gasteiger partial charge in [0.05, 0.1) is 19.3 Å². The molecule has 0 radical (unpaired) electrons. The molecule has 0 fully saturated rings. The van der Waals surface area contributed by atoms with Crippen LogP contribution in [0.2, 0.25) is 0 Å². The average molecular weight is 412 g/mol. The lowest BCUT2D eigenvalue weighted by molar-refractivity contribution is -0.116. The molecule has 0 saturated carbocycles. The normalized spacial score (nSPS) is 11.8. The molecular weight excluding hydrogens is 378 g/mol. The zero-order valence-corrected chi connectivity index (χ0v) is 18.5. The fourth-order valence-electron chi connectivity index (χ4n) is 3.40. The first-order valence-electron chi connectivity index (χ1n) is 10.4. The molecule has 0 bridgehead atoms. The minimum atomic E-state index is -0.179. The Morgan fingerprint density at radius 3 is 2.30 bits per heavy atom. The van der Waals surface area contributed by atoms with Gasteiger partial charge in [-0.15, -0.1) is 0 Å². The van der Waals surface area contributed by atoms with Crippen LogP contribution in [0.4, 0.5) is 11.4 Å². The third kappa shape index (κ3) is 6.88. The summed E-state index contributed by atoms with van der Waals surface area (Å²) < 4.78 is 5.32. The maximum Gasteiger partial charge on any atom is 0.238 e. The van der Waals surface area contributed by atoms with Crippen molar-refractivity contribution >= 4 is 23.2 Å². The van der Waals surface area contributed by atoms with Crippen molar-refractivity contribution in [3.05, 3.63) is 53.6 Å². The lowest BCUT2D eigenvalue weighted by atomic mass is 9.94. The number of amides is 2.